The van der Waals surface area contributed by atoms with Gasteiger partial charge in [0.2, 0.25) is 0 Å². The Kier molecular flexibility index (Phi) is 4.15. The monoisotopic (exact) mass is 276 g/mol. The predicted octanol–water partition coefficient (Wildman–Crippen LogP) is 4.55. The molecule has 2 aromatic carbocycles. The Bertz CT molecular complexity index is 681. The van der Waals surface area contributed by atoms with E-state index < -0.39 is 0 Å². The van der Waals surface area contributed by atoms with Crippen molar-refractivity contribution in [1.29, 1.82) is 0 Å². The summed E-state index contributed by atoms with van der Waals surface area (Å²) in [6.07, 6.45) is 6.12. The summed E-state index contributed by atoms with van der Waals surface area (Å²) >= 11 is 0. The quantitative estimate of drug-likeness (QED) is 0.668. The van der Waals surface area contributed by atoms with Crippen LogP contribution in [0.25, 0.3) is 11.1 Å². The average Bonchev–Trinajstić information content (AvgIpc) is 2.96. The number of imidazole rings is 1. The summed E-state index contributed by atoms with van der Waals surface area (Å²) in [4.78, 5) is 4.43. The Morgan fingerprint density at radius 1 is 0.905 bits per heavy atom. The van der Waals surface area contributed by atoms with Gasteiger partial charge in [-0.25, -0.2) is 4.98 Å². The third kappa shape index (κ3) is 3.22. The second kappa shape index (κ2) is 6.40. The topological polar surface area (TPSA) is 17.8 Å². The number of aromatic nitrogens is 2. The normalized spacial score (nSPS) is 10.7. The number of nitrogens with zero attached hydrogens (tertiary/aromatic N) is 2. The van der Waals surface area contributed by atoms with Crippen LogP contribution in [0.4, 0.5) is 0 Å². The summed E-state index contributed by atoms with van der Waals surface area (Å²) in [5.41, 5.74) is 3.84. The molecule has 0 fully saturated rings. The molecular weight excluding hydrogens is 256 g/mol. The highest BCUT2D eigenvalue weighted by atomic mass is 15.1. The van der Waals surface area contributed by atoms with E-state index in [1.165, 1.54) is 22.5 Å². The van der Waals surface area contributed by atoms with E-state index in [2.05, 4.69) is 71.2 Å². The van der Waals surface area contributed by atoms with Crippen LogP contribution in [0.15, 0.2) is 67.0 Å². The van der Waals surface area contributed by atoms with Crippen molar-refractivity contribution in [3.63, 3.8) is 0 Å². The molecule has 3 aromatic rings. The van der Waals surface area contributed by atoms with Gasteiger partial charge in [-0.1, -0.05) is 61.5 Å². The Labute approximate surface area is 126 Å². The molecule has 2 nitrogen and oxygen atoms in total. The summed E-state index contributed by atoms with van der Waals surface area (Å²) in [5, 5.41) is 0. The van der Waals surface area contributed by atoms with Gasteiger partial charge in [-0.15, -0.1) is 0 Å². The lowest BCUT2D eigenvalue weighted by Gasteiger charge is -2.08. The highest BCUT2D eigenvalue weighted by Crippen LogP contribution is 2.19. The molecule has 2 heteroatoms. The van der Waals surface area contributed by atoms with Crippen LogP contribution in [0.3, 0.4) is 0 Å². The fraction of sp³-hybridized carbons (Fsp3) is 0.211. The van der Waals surface area contributed by atoms with Crippen molar-refractivity contribution in [2.45, 2.75) is 26.3 Å². The van der Waals surface area contributed by atoms with Crippen molar-refractivity contribution >= 4 is 0 Å². The van der Waals surface area contributed by atoms with Crippen molar-refractivity contribution in [3.05, 3.63) is 78.4 Å². The molecule has 0 unspecified atom stereocenters. The lowest BCUT2D eigenvalue weighted by molar-refractivity contribution is 0.705. The number of aryl methyl sites for hydroxylation is 1. The van der Waals surface area contributed by atoms with Crippen molar-refractivity contribution < 1.29 is 0 Å². The smallest absolute Gasteiger partial charge is 0.108 e. The van der Waals surface area contributed by atoms with Crippen molar-refractivity contribution in [2.24, 2.45) is 0 Å². The Morgan fingerprint density at radius 2 is 1.62 bits per heavy atom. The van der Waals surface area contributed by atoms with Crippen molar-refractivity contribution in [1.82, 2.24) is 9.55 Å². The molecule has 0 aliphatic heterocycles. The molecule has 3 rings (SSSR count). The molecule has 0 aliphatic rings. The molecule has 0 saturated heterocycles. The van der Waals surface area contributed by atoms with E-state index in [4.69, 9.17) is 0 Å². The van der Waals surface area contributed by atoms with Gasteiger partial charge in [0.15, 0.2) is 0 Å². The van der Waals surface area contributed by atoms with Crippen LogP contribution >= 0.6 is 0 Å². The molecular formula is C19H20N2. The maximum absolute atomic E-state index is 4.43. The number of hydrogen-bond donors (Lipinski definition) is 0. The van der Waals surface area contributed by atoms with E-state index in [-0.39, 0.29) is 0 Å². The minimum absolute atomic E-state index is 0.893. The molecule has 1 heterocycles. The van der Waals surface area contributed by atoms with Gasteiger partial charge in [-0.3, -0.25) is 0 Å². The lowest BCUT2D eigenvalue weighted by atomic mass is 10.0. The van der Waals surface area contributed by atoms with Crippen LogP contribution in [-0.4, -0.2) is 9.55 Å². The molecule has 0 amide bonds. The maximum atomic E-state index is 4.43. The van der Waals surface area contributed by atoms with Crippen LogP contribution in [0.5, 0.6) is 0 Å². The molecule has 0 N–H and O–H groups in total. The Balaban J connectivity index is 1.77. The lowest BCUT2D eigenvalue weighted by Crippen LogP contribution is -2.04. The second-order valence-corrected chi connectivity index (χ2v) is 5.28. The maximum Gasteiger partial charge on any atom is 0.108 e. The molecule has 0 radical (unpaired) electrons. The van der Waals surface area contributed by atoms with Crippen LogP contribution in [0, 0.1) is 0 Å². The number of rotatable bonds is 5. The summed E-state index contributed by atoms with van der Waals surface area (Å²) in [6.45, 7) is 3.08. The van der Waals surface area contributed by atoms with E-state index in [1.54, 1.807) is 0 Å². The predicted molar refractivity (Wildman–Crippen MR) is 87.2 cm³/mol. The van der Waals surface area contributed by atoms with Gasteiger partial charge >= 0.3 is 0 Å². The fourth-order valence-corrected chi connectivity index (χ4v) is 2.57. The highest BCUT2D eigenvalue weighted by Gasteiger charge is 2.03. The third-order valence-corrected chi connectivity index (χ3v) is 3.69. The zero-order chi connectivity index (χ0) is 14.5. The zero-order valence-electron chi connectivity index (χ0n) is 12.4. The molecule has 1 aromatic heterocycles. The Hall–Kier alpha value is -2.35. The molecule has 0 aliphatic carbocycles. The first-order valence-corrected chi connectivity index (χ1v) is 7.51. The highest BCUT2D eigenvalue weighted by molar-refractivity contribution is 5.63. The first-order valence-electron chi connectivity index (χ1n) is 7.51. The number of hydrogen-bond acceptors (Lipinski definition) is 1. The van der Waals surface area contributed by atoms with Crippen molar-refractivity contribution in [2.75, 3.05) is 0 Å². The van der Waals surface area contributed by atoms with Gasteiger partial charge in [-0.05, 0) is 23.1 Å². The average molecular weight is 276 g/mol. The van der Waals surface area contributed by atoms with E-state index in [0.717, 1.165) is 19.4 Å². The molecule has 0 bridgehead atoms. The molecule has 0 saturated carbocycles. The van der Waals surface area contributed by atoms with E-state index in [1.807, 2.05) is 12.3 Å². The third-order valence-electron chi connectivity index (χ3n) is 3.69. The second-order valence-electron chi connectivity index (χ2n) is 5.28. The van der Waals surface area contributed by atoms with Gasteiger partial charge in [-0.2, -0.15) is 0 Å². The zero-order valence-corrected chi connectivity index (χ0v) is 12.4. The van der Waals surface area contributed by atoms with Gasteiger partial charge in [0.25, 0.3) is 0 Å². The van der Waals surface area contributed by atoms with Crippen LogP contribution in [0.1, 0.15) is 24.7 Å². The van der Waals surface area contributed by atoms with Gasteiger partial charge in [0.1, 0.15) is 5.82 Å². The number of benzene rings is 2. The van der Waals surface area contributed by atoms with Crippen LogP contribution < -0.4 is 0 Å². The minimum Gasteiger partial charge on any atom is -0.331 e. The molecule has 106 valence electrons. The fourth-order valence-electron chi connectivity index (χ4n) is 2.57. The Morgan fingerprint density at radius 3 is 2.33 bits per heavy atom. The molecule has 0 spiro atoms. The summed E-state index contributed by atoms with van der Waals surface area (Å²) in [6, 6.07) is 19.3. The summed E-state index contributed by atoms with van der Waals surface area (Å²) < 4.78 is 2.24. The van der Waals surface area contributed by atoms with Gasteiger partial charge in [0.05, 0.1) is 0 Å². The van der Waals surface area contributed by atoms with E-state index in [9.17, 15) is 0 Å². The van der Waals surface area contributed by atoms with E-state index >= 15 is 0 Å². The SMILES string of the molecule is CCCc1nccn1Cc1ccc(-c2ccccc2)cc1. The van der Waals surface area contributed by atoms with E-state index in [0.29, 0.717) is 0 Å². The summed E-state index contributed by atoms with van der Waals surface area (Å²) in [5.74, 6) is 1.17. The van der Waals surface area contributed by atoms with Gasteiger partial charge < -0.3 is 4.57 Å². The molecule has 0 atom stereocenters. The standard InChI is InChI=1S/C19H20N2/c1-2-6-19-20-13-14-21(19)15-16-9-11-18(12-10-16)17-7-4-3-5-8-17/h3-5,7-14H,2,6,15H2,1H3. The van der Waals surface area contributed by atoms with Crippen LogP contribution in [-0.2, 0) is 13.0 Å². The van der Waals surface area contributed by atoms with Crippen LogP contribution in [0.2, 0.25) is 0 Å². The van der Waals surface area contributed by atoms with Crippen molar-refractivity contribution in [3.8, 4) is 11.1 Å². The summed E-state index contributed by atoms with van der Waals surface area (Å²) in [7, 11) is 0. The first-order chi connectivity index (χ1) is 10.4. The first kappa shape index (κ1) is 13.6. The van der Waals surface area contributed by atoms with Gasteiger partial charge in [0, 0.05) is 25.4 Å². The minimum atomic E-state index is 0.893. The largest absolute Gasteiger partial charge is 0.331 e. The molecule has 21 heavy (non-hydrogen) atoms.